The summed E-state index contributed by atoms with van der Waals surface area (Å²) in [6.45, 7) is 3.52. The molecule has 3 aromatic rings. The number of benzene rings is 2. The molecule has 4 nitrogen and oxygen atoms in total. The van der Waals surface area contributed by atoms with Gasteiger partial charge in [-0.1, -0.05) is 30.3 Å². The van der Waals surface area contributed by atoms with Gasteiger partial charge in [0.25, 0.3) is 0 Å². The van der Waals surface area contributed by atoms with E-state index >= 15 is 0 Å². The van der Waals surface area contributed by atoms with Crippen LogP contribution in [0.3, 0.4) is 0 Å². The second-order valence-electron chi connectivity index (χ2n) is 5.81. The van der Waals surface area contributed by atoms with Crippen molar-refractivity contribution >= 4 is 0 Å². The maximum Gasteiger partial charge on any atom is 0.119 e. The summed E-state index contributed by atoms with van der Waals surface area (Å²) in [4.78, 5) is 0. The van der Waals surface area contributed by atoms with E-state index in [-0.39, 0.29) is 0 Å². The predicted molar refractivity (Wildman–Crippen MR) is 97.2 cm³/mol. The predicted octanol–water partition coefficient (Wildman–Crippen LogP) is 3.73. The third kappa shape index (κ3) is 3.84. The average Bonchev–Trinajstić information content (AvgIpc) is 2.98. The van der Waals surface area contributed by atoms with Gasteiger partial charge in [0.1, 0.15) is 5.75 Å². The third-order valence-electron chi connectivity index (χ3n) is 4.06. The van der Waals surface area contributed by atoms with Gasteiger partial charge in [-0.2, -0.15) is 5.10 Å². The molecular formula is C20H23N3O. The van der Waals surface area contributed by atoms with Crippen LogP contribution < -0.4 is 10.1 Å². The Morgan fingerprint density at radius 2 is 1.79 bits per heavy atom. The van der Waals surface area contributed by atoms with Crippen LogP contribution in [-0.4, -0.2) is 23.9 Å². The van der Waals surface area contributed by atoms with Crippen LogP contribution in [0.2, 0.25) is 0 Å². The molecule has 0 amide bonds. The summed E-state index contributed by atoms with van der Waals surface area (Å²) in [7, 11) is 1.94. The number of hydrogen-bond acceptors (Lipinski definition) is 3. The quantitative estimate of drug-likeness (QED) is 0.697. The van der Waals surface area contributed by atoms with Gasteiger partial charge in [0.2, 0.25) is 0 Å². The molecule has 3 rings (SSSR count). The van der Waals surface area contributed by atoms with Gasteiger partial charge in [-0.15, -0.1) is 0 Å². The van der Waals surface area contributed by atoms with Gasteiger partial charge in [0, 0.05) is 29.8 Å². The Kier molecular flexibility index (Phi) is 5.29. The molecule has 0 aliphatic heterocycles. The van der Waals surface area contributed by atoms with E-state index in [0.717, 1.165) is 35.7 Å². The van der Waals surface area contributed by atoms with Crippen molar-refractivity contribution in [3.05, 3.63) is 71.4 Å². The van der Waals surface area contributed by atoms with E-state index < -0.39 is 0 Å². The highest BCUT2D eigenvalue weighted by molar-refractivity contribution is 5.64. The highest BCUT2D eigenvalue weighted by Crippen LogP contribution is 2.25. The van der Waals surface area contributed by atoms with E-state index in [2.05, 4.69) is 51.9 Å². The third-order valence-corrected chi connectivity index (χ3v) is 4.06. The first-order valence-corrected chi connectivity index (χ1v) is 8.23. The van der Waals surface area contributed by atoms with E-state index in [1.54, 1.807) is 0 Å². The largest absolute Gasteiger partial charge is 0.493 e. The van der Waals surface area contributed by atoms with Crippen LogP contribution >= 0.6 is 0 Å². The van der Waals surface area contributed by atoms with Crippen LogP contribution in [0.25, 0.3) is 11.3 Å². The average molecular weight is 321 g/mol. The van der Waals surface area contributed by atoms with E-state index in [0.29, 0.717) is 6.61 Å². The zero-order chi connectivity index (χ0) is 16.8. The molecule has 24 heavy (non-hydrogen) atoms. The van der Waals surface area contributed by atoms with Gasteiger partial charge >= 0.3 is 0 Å². The summed E-state index contributed by atoms with van der Waals surface area (Å²) in [6.07, 6.45) is 0.910. The maximum atomic E-state index is 5.84. The molecule has 124 valence electrons. The zero-order valence-corrected chi connectivity index (χ0v) is 14.2. The van der Waals surface area contributed by atoms with Crippen molar-refractivity contribution in [2.75, 3.05) is 13.7 Å². The van der Waals surface area contributed by atoms with Gasteiger partial charge < -0.3 is 10.1 Å². The van der Waals surface area contributed by atoms with Crippen LogP contribution in [0.4, 0.5) is 0 Å². The Labute approximate surface area is 142 Å². The van der Waals surface area contributed by atoms with Gasteiger partial charge in [0.05, 0.1) is 12.3 Å². The van der Waals surface area contributed by atoms with Gasteiger partial charge in [-0.3, -0.25) is 5.10 Å². The standard InChI is InChI=1S/C20H23N3O/c1-15-19(14-21-2)20(23-22-15)17-8-10-18(11-9-17)24-13-12-16-6-4-3-5-7-16/h3-11,21H,12-14H2,1-2H3,(H,22,23). The van der Waals surface area contributed by atoms with Crippen molar-refractivity contribution in [3.8, 4) is 17.0 Å². The number of aromatic amines is 1. The molecular weight excluding hydrogens is 298 g/mol. The van der Waals surface area contributed by atoms with Crippen LogP contribution in [0.1, 0.15) is 16.8 Å². The number of ether oxygens (including phenoxy) is 1. The number of aromatic nitrogens is 2. The molecule has 4 heteroatoms. The minimum atomic E-state index is 0.676. The van der Waals surface area contributed by atoms with Crippen molar-refractivity contribution in [2.24, 2.45) is 0 Å². The molecule has 0 aliphatic carbocycles. The number of hydrogen-bond donors (Lipinski definition) is 2. The molecule has 0 saturated heterocycles. The zero-order valence-electron chi connectivity index (χ0n) is 14.2. The SMILES string of the molecule is CNCc1c(-c2ccc(OCCc3ccccc3)cc2)n[nH]c1C. The summed E-state index contributed by atoms with van der Waals surface area (Å²) in [5, 5.41) is 10.7. The Hall–Kier alpha value is -2.59. The molecule has 0 fully saturated rings. The summed E-state index contributed by atoms with van der Waals surface area (Å²) < 4.78 is 5.84. The van der Waals surface area contributed by atoms with Gasteiger partial charge in [-0.05, 0) is 43.8 Å². The minimum absolute atomic E-state index is 0.676. The van der Waals surface area contributed by atoms with Gasteiger partial charge in [-0.25, -0.2) is 0 Å². The molecule has 2 aromatic carbocycles. The lowest BCUT2D eigenvalue weighted by Crippen LogP contribution is -2.06. The highest BCUT2D eigenvalue weighted by atomic mass is 16.5. The lowest BCUT2D eigenvalue weighted by molar-refractivity contribution is 0.322. The fourth-order valence-corrected chi connectivity index (χ4v) is 2.72. The van der Waals surface area contributed by atoms with Crippen molar-refractivity contribution < 1.29 is 4.74 Å². The molecule has 2 N–H and O–H groups in total. The Morgan fingerprint density at radius 3 is 2.50 bits per heavy atom. The fourth-order valence-electron chi connectivity index (χ4n) is 2.72. The monoisotopic (exact) mass is 321 g/mol. The van der Waals surface area contributed by atoms with E-state index in [4.69, 9.17) is 4.74 Å². The molecule has 0 unspecified atom stereocenters. The van der Waals surface area contributed by atoms with Crippen molar-refractivity contribution in [1.82, 2.24) is 15.5 Å². The van der Waals surface area contributed by atoms with Crippen molar-refractivity contribution in [2.45, 2.75) is 19.9 Å². The van der Waals surface area contributed by atoms with E-state index in [1.165, 1.54) is 11.1 Å². The van der Waals surface area contributed by atoms with Crippen LogP contribution in [0.5, 0.6) is 5.75 Å². The number of nitrogens with one attached hydrogen (secondary N) is 2. The Balaban J connectivity index is 1.63. The smallest absolute Gasteiger partial charge is 0.119 e. The van der Waals surface area contributed by atoms with Crippen LogP contribution in [0.15, 0.2) is 54.6 Å². The lowest BCUT2D eigenvalue weighted by Gasteiger charge is -2.08. The van der Waals surface area contributed by atoms with Crippen molar-refractivity contribution in [1.29, 1.82) is 0 Å². The number of aryl methyl sites for hydroxylation is 1. The second kappa shape index (κ2) is 7.79. The fraction of sp³-hybridized carbons (Fsp3) is 0.250. The first-order chi connectivity index (χ1) is 11.8. The maximum absolute atomic E-state index is 5.84. The molecule has 1 heterocycles. The number of H-pyrrole nitrogens is 1. The topological polar surface area (TPSA) is 49.9 Å². The van der Waals surface area contributed by atoms with Gasteiger partial charge in [0.15, 0.2) is 0 Å². The number of rotatable bonds is 7. The summed E-state index contributed by atoms with van der Waals surface area (Å²) in [6, 6.07) is 18.5. The normalized spacial score (nSPS) is 10.8. The molecule has 0 spiro atoms. The summed E-state index contributed by atoms with van der Waals surface area (Å²) in [5.41, 5.74) is 5.69. The molecule has 0 saturated carbocycles. The summed E-state index contributed by atoms with van der Waals surface area (Å²) >= 11 is 0. The molecule has 0 bridgehead atoms. The van der Waals surface area contributed by atoms with Crippen molar-refractivity contribution in [3.63, 3.8) is 0 Å². The summed E-state index contributed by atoms with van der Waals surface area (Å²) in [5.74, 6) is 0.886. The molecule has 0 aliphatic rings. The second-order valence-corrected chi connectivity index (χ2v) is 5.81. The van der Waals surface area contributed by atoms with Crippen LogP contribution in [-0.2, 0) is 13.0 Å². The molecule has 0 radical (unpaired) electrons. The first kappa shape index (κ1) is 16.3. The Bertz CT molecular complexity index is 763. The molecule has 1 aromatic heterocycles. The first-order valence-electron chi connectivity index (χ1n) is 8.23. The van der Waals surface area contributed by atoms with E-state index in [1.807, 2.05) is 32.2 Å². The molecule has 0 atom stereocenters. The lowest BCUT2D eigenvalue weighted by atomic mass is 10.1. The number of nitrogens with zero attached hydrogens (tertiary/aromatic N) is 1. The Morgan fingerprint density at radius 1 is 1.04 bits per heavy atom. The minimum Gasteiger partial charge on any atom is -0.493 e. The van der Waals surface area contributed by atoms with E-state index in [9.17, 15) is 0 Å². The van der Waals surface area contributed by atoms with Crippen LogP contribution in [0, 0.1) is 6.92 Å². The highest BCUT2D eigenvalue weighted by Gasteiger charge is 2.11.